The fourth-order valence-electron chi connectivity index (χ4n) is 4.09. The monoisotopic (exact) mass is 269 g/mol. The molecule has 1 saturated carbocycles. The first-order valence-corrected chi connectivity index (χ1v) is 7.77. The van der Waals surface area contributed by atoms with Crippen LogP contribution in [-0.2, 0) is 4.74 Å². The van der Waals surface area contributed by atoms with Gasteiger partial charge in [0.15, 0.2) is 0 Å². The van der Waals surface area contributed by atoms with E-state index in [2.05, 4.69) is 39.5 Å². The van der Waals surface area contributed by atoms with Gasteiger partial charge in [0.05, 0.1) is 17.3 Å². The first-order valence-electron chi connectivity index (χ1n) is 7.77. The molecule has 3 heteroatoms. The molecule has 0 amide bonds. The molecule has 2 aliphatic rings. The van der Waals surface area contributed by atoms with Crippen molar-refractivity contribution in [2.75, 3.05) is 19.6 Å². The van der Waals surface area contributed by atoms with Crippen LogP contribution in [0.25, 0.3) is 0 Å². The number of hydrogen-bond acceptors (Lipinski definition) is 3. The predicted octanol–water partition coefficient (Wildman–Crippen LogP) is 2.67. The molecular weight excluding hydrogens is 238 g/mol. The van der Waals surface area contributed by atoms with Crippen LogP contribution in [0.15, 0.2) is 0 Å². The molecule has 1 aliphatic heterocycles. The highest BCUT2D eigenvalue weighted by Gasteiger charge is 2.39. The zero-order valence-corrected chi connectivity index (χ0v) is 13.3. The second-order valence-corrected chi connectivity index (χ2v) is 8.04. The highest BCUT2D eigenvalue weighted by molar-refractivity contribution is 4.91. The first kappa shape index (κ1) is 15.3. The normalized spacial score (nSPS) is 39.2. The van der Waals surface area contributed by atoms with Crippen LogP contribution >= 0.6 is 0 Å². The Hall–Kier alpha value is -0.120. The molecule has 3 atom stereocenters. The smallest absolute Gasteiger partial charge is 0.0760 e. The van der Waals surface area contributed by atoms with Crippen LogP contribution in [0.3, 0.4) is 0 Å². The van der Waals surface area contributed by atoms with Crippen molar-refractivity contribution in [2.24, 2.45) is 11.8 Å². The molecule has 3 unspecified atom stereocenters. The predicted molar refractivity (Wildman–Crippen MR) is 78.2 cm³/mol. The third-order valence-corrected chi connectivity index (χ3v) is 4.46. The summed E-state index contributed by atoms with van der Waals surface area (Å²) in [6.07, 6.45) is 3.21. The summed E-state index contributed by atoms with van der Waals surface area (Å²) < 4.78 is 6.12. The van der Waals surface area contributed by atoms with Gasteiger partial charge in [-0.25, -0.2) is 0 Å². The van der Waals surface area contributed by atoms with Crippen LogP contribution in [0, 0.1) is 11.8 Å². The highest BCUT2D eigenvalue weighted by Crippen LogP contribution is 2.33. The van der Waals surface area contributed by atoms with E-state index in [9.17, 15) is 5.11 Å². The number of aliphatic hydroxyl groups excluding tert-OH is 1. The van der Waals surface area contributed by atoms with Crippen LogP contribution in [0.4, 0.5) is 0 Å². The Morgan fingerprint density at radius 2 is 1.68 bits per heavy atom. The summed E-state index contributed by atoms with van der Waals surface area (Å²) in [6.45, 7) is 13.9. The van der Waals surface area contributed by atoms with Gasteiger partial charge in [0, 0.05) is 19.6 Å². The van der Waals surface area contributed by atoms with Crippen LogP contribution in [-0.4, -0.2) is 46.9 Å². The fourth-order valence-corrected chi connectivity index (χ4v) is 4.09. The SMILES string of the molecule is CC1CCC(O)C(CN2CC(C)(C)OC(C)(C)C2)C1. The number of morpholine rings is 1. The Labute approximate surface area is 118 Å². The largest absolute Gasteiger partial charge is 0.393 e. The summed E-state index contributed by atoms with van der Waals surface area (Å²) >= 11 is 0. The molecule has 112 valence electrons. The van der Waals surface area contributed by atoms with Crippen LogP contribution in [0.1, 0.15) is 53.9 Å². The van der Waals surface area contributed by atoms with Gasteiger partial charge in [-0.05, 0) is 58.8 Å². The molecule has 0 bridgehead atoms. The van der Waals surface area contributed by atoms with Crippen LogP contribution in [0.2, 0.25) is 0 Å². The van der Waals surface area contributed by atoms with Gasteiger partial charge in [0.2, 0.25) is 0 Å². The van der Waals surface area contributed by atoms with Crippen molar-refractivity contribution in [3.8, 4) is 0 Å². The summed E-state index contributed by atoms with van der Waals surface area (Å²) in [5.74, 6) is 1.20. The maximum Gasteiger partial charge on any atom is 0.0760 e. The second kappa shape index (κ2) is 5.34. The lowest BCUT2D eigenvalue weighted by Gasteiger charge is -2.48. The third kappa shape index (κ3) is 4.17. The van der Waals surface area contributed by atoms with Crippen molar-refractivity contribution in [3.05, 3.63) is 0 Å². The molecule has 1 heterocycles. The van der Waals surface area contributed by atoms with Crippen LogP contribution in [0.5, 0.6) is 0 Å². The number of hydrogen-bond donors (Lipinski definition) is 1. The number of nitrogens with zero attached hydrogens (tertiary/aromatic N) is 1. The summed E-state index contributed by atoms with van der Waals surface area (Å²) in [7, 11) is 0. The van der Waals surface area contributed by atoms with E-state index in [1.165, 1.54) is 12.8 Å². The lowest BCUT2D eigenvalue weighted by molar-refractivity contribution is -0.184. The Kier molecular flexibility index (Phi) is 4.29. The summed E-state index contributed by atoms with van der Waals surface area (Å²) in [5.41, 5.74) is -0.181. The van der Waals surface area contributed by atoms with E-state index >= 15 is 0 Å². The third-order valence-electron chi connectivity index (χ3n) is 4.46. The molecule has 1 aliphatic carbocycles. The zero-order valence-electron chi connectivity index (χ0n) is 13.3. The number of ether oxygens (including phenoxy) is 1. The van der Waals surface area contributed by atoms with E-state index in [0.717, 1.165) is 32.0 Å². The van der Waals surface area contributed by atoms with Crippen molar-refractivity contribution < 1.29 is 9.84 Å². The van der Waals surface area contributed by atoms with Gasteiger partial charge >= 0.3 is 0 Å². The lowest BCUT2D eigenvalue weighted by Crippen LogP contribution is -2.58. The van der Waals surface area contributed by atoms with Gasteiger partial charge < -0.3 is 9.84 Å². The Balaban J connectivity index is 1.97. The van der Waals surface area contributed by atoms with Gasteiger partial charge in [-0.1, -0.05) is 6.92 Å². The quantitative estimate of drug-likeness (QED) is 0.836. The average molecular weight is 269 g/mol. The zero-order chi connectivity index (χ0) is 14.3. The van der Waals surface area contributed by atoms with Gasteiger partial charge in [0.25, 0.3) is 0 Å². The van der Waals surface area contributed by atoms with Crippen molar-refractivity contribution in [2.45, 2.75) is 71.2 Å². The molecule has 19 heavy (non-hydrogen) atoms. The minimum Gasteiger partial charge on any atom is -0.393 e. The maximum atomic E-state index is 10.2. The summed E-state index contributed by atoms with van der Waals surface area (Å²) in [5, 5.41) is 10.2. The number of rotatable bonds is 2. The topological polar surface area (TPSA) is 32.7 Å². The number of aliphatic hydroxyl groups is 1. The summed E-state index contributed by atoms with van der Waals surface area (Å²) in [6, 6.07) is 0. The molecule has 0 aromatic rings. The lowest BCUT2D eigenvalue weighted by atomic mass is 9.79. The van der Waals surface area contributed by atoms with Gasteiger partial charge in [-0.2, -0.15) is 0 Å². The van der Waals surface area contributed by atoms with E-state index in [1.807, 2.05) is 0 Å². The van der Waals surface area contributed by atoms with E-state index in [4.69, 9.17) is 4.74 Å². The van der Waals surface area contributed by atoms with E-state index < -0.39 is 0 Å². The van der Waals surface area contributed by atoms with Crippen molar-refractivity contribution in [3.63, 3.8) is 0 Å². The average Bonchev–Trinajstić information content (AvgIpc) is 2.18. The fraction of sp³-hybridized carbons (Fsp3) is 1.00. The molecule has 2 rings (SSSR count). The molecular formula is C16H31NO2. The first-order chi connectivity index (χ1) is 8.67. The van der Waals surface area contributed by atoms with E-state index in [0.29, 0.717) is 5.92 Å². The van der Waals surface area contributed by atoms with Crippen molar-refractivity contribution >= 4 is 0 Å². The van der Waals surface area contributed by atoms with Gasteiger partial charge in [0.1, 0.15) is 0 Å². The molecule has 3 nitrogen and oxygen atoms in total. The summed E-state index contributed by atoms with van der Waals surface area (Å²) in [4.78, 5) is 2.50. The Bertz CT molecular complexity index is 298. The van der Waals surface area contributed by atoms with Gasteiger partial charge in [-0.3, -0.25) is 4.90 Å². The molecule has 0 radical (unpaired) electrons. The molecule has 0 aromatic carbocycles. The molecule has 0 spiro atoms. The Morgan fingerprint density at radius 3 is 2.26 bits per heavy atom. The minimum absolute atomic E-state index is 0.0903. The highest BCUT2D eigenvalue weighted by atomic mass is 16.5. The standard InChI is InChI=1S/C16H31NO2/c1-12-6-7-14(18)13(8-12)9-17-10-15(2,3)19-16(4,5)11-17/h12-14,18H,6-11H2,1-5H3. The van der Waals surface area contributed by atoms with Crippen molar-refractivity contribution in [1.29, 1.82) is 0 Å². The second-order valence-electron chi connectivity index (χ2n) is 8.04. The molecule has 0 aromatic heterocycles. The maximum absolute atomic E-state index is 10.2. The molecule has 1 saturated heterocycles. The van der Waals surface area contributed by atoms with E-state index in [1.54, 1.807) is 0 Å². The van der Waals surface area contributed by atoms with Crippen molar-refractivity contribution in [1.82, 2.24) is 4.90 Å². The molecule has 2 fully saturated rings. The Morgan fingerprint density at radius 1 is 1.11 bits per heavy atom. The van der Waals surface area contributed by atoms with E-state index in [-0.39, 0.29) is 17.3 Å². The van der Waals surface area contributed by atoms with Gasteiger partial charge in [-0.15, -0.1) is 0 Å². The molecule has 1 N–H and O–H groups in total. The van der Waals surface area contributed by atoms with Crippen LogP contribution < -0.4 is 0 Å². The minimum atomic E-state index is -0.106.